The zero-order chi connectivity index (χ0) is 14.2. The highest BCUT2D eigenvalue weighted by atomic mass is 127. The summed E-state index contributed by atoms with van der Waals surface area (Å²) in [6.45, 7) is 2.55. The second kappa shape index (κ2) is 10.9. The summed E-state index contributed by atoms with van der Waals surface area (Å²) < 4.78 is 5.63. The van der Waals surface area contributed by atoms with Crippen LogP contribution in [-0.2, 0) is 4.74 Å². The normalized spacial score (nSPS) is 26.1. The highest BCUT2D eigenvalue weighted by Gasteiger charge is 2.22. The molecule has 2 fully saturated rings. The third-order valence-electron chi connectivity index (χ3n) is 4.11. The molecule has 2 saturated carbocycles. The van der Waals surface area contributed by atoms with Crippen LogP contribution in [0.3, 0.4) is 0 Å². The summed E-state index contributed by atoms with van der Waals surface area (Å²) in [6.07, 6.45) is 10.1. The Hall–Kier alpha value is 0.310. The maximum absolute atomic E-state index is 5.63. The summed E-state index contributed by atoms with van der Waals surface area (Å²) in [5.41, 5.74) is 0. The summed E-state index contributed by atoms with van der Waals surface area (Å²) in [5, 5.41) is 7.71. The van der Waals surface area contributed by atoms with Crippen molar-refractivity contribution in [1.82, 2.24) is 10.6 Å². The van der Waals surface area contributed by atoms with Crippen LogP contribution in [0, 0.1) is 5.92 Å². The Kier molecular flexibility index (Phi) is 10.1. The fourth-order valence-electron chi connectivity index (χ4n) is 2.65. The molecule has 2 unspecified atom stereocenters. The van der Waals surface area contributed by atoms with E-state index in [1.807, 2.05) is 18.8 Å². The van der Waals surface area contributed by atoms with Crippen LogP contribution in [-0.4, -0.2) is 50.3 Å². The average Bonchev–Trinajstić information content (AvgIpc) is 3.30. The lowest BCUT2D eigenvalue weighted by atomic mass is 9.95. The second-order valence-electron chi connectivity index (χ2n) is 5.88. The van der Waals surface area contributed by atoms with E-state index in [9.17, 15) is 0 Å². The van der Waals surface area contributed by atoms with Crippen molar-refractivity contribution in [2.45, 2.75) is 49.8 Å². The molecule has 6 heteroatoms. The number of hydrogen-bond acceptors (Lipinski definition) is 3. The molecule has 0 aliphatic heterocycles. The monoisotopic (exact) mass is 427 g/mol. The molecule has 0 aromatic rings. The molecule has 0 spiro atoms. The fourth-order valence-corrected chi connectivity index (χ4v) is 3.48. The van der Waals surface area contributed by atoms with Gasteiger partial charge in [-0.2, -0.15) is 11.8 Å². The minimum absolute atomic E-state index is 0. The molecule has 0 aromatic heterocycles. The molecule has 2 aliphatic carbocycles. The quantitative estimate of drug-likeness (QED) is 0.284. The van der Waals surface area contributed by atoms with Crippen LogP contribution >= 0.6 is 35.7 Å². The van der Waals surface area contributed by atoms with Crippen LogP contribution in [0.15, 0.2) is 4.99 Å². The Morgan fingerprint density at radius 2 is 2.10 bits per heavy atom. The van der Waals surface area contributed by atoms with Gasteiger partial charge in [0, 0.05) is 31.5 Å². The first-order valence-corrected chi connectivity index (χ1v) is 9.18. The molecule has 124 valence electrons. The van der Waals surface area contributed by atoms with E-state index >= 15 is 0 Å². The Morgan fingerprint density at radius 1 is 1.29 bits per heavy atom. The van der Waals surface area contributed by atoms with E-state index in [0.29, 0.717) is 6.04 Å². The van der Waals surface area contributed by atoms with Crippen LogP contribution in [0.5, 0.6) is 0 Å². The maximum Gasteiger partial charge on any atom is 0.191 e. The van der Waals surface area contributed by atoms with Crippen molar-refractivity contribution < 1.29 is 4.74 Å². The zero-order valence-corrected chi connectivity index (χ0v) is 16.4. The first-order valence-electron chi connectivity index (χ1n) is 7.89. The predicted molar refractivity (Wildman–Crippen MR) is 103 cm³/mol. The van der Waals surface area contributed by atoms with E-state index in [1.165, 1.54) is 38.5 Å². The predicted octanol–water partition coefficient (Wildman–Crippen LogP) is 2.87. The summed E-state index contributed by atoms with van der Waals surface area (Å²) >= 11 is 2.00. The highest BCUT2D eigenvalue weighted by molar-refractivity contribution is 14.0. The molecule has 0 aromatic carbocycles. The number of rotatable bonds is 7. The van der Waals surface area contributed by atoms with Crippen molar-refractivity contribution in [1.29, 1.82) is 0 Å². The number of guanidine groups is 1. The van der Waals surface area contributed by atoms with Crippen molar-refractivity contribution in [2.75, 3.05) is 33.1 Å². The number of thioether (sulfide) groups is 1. The zero-order valence-electron chi connectivity index (χ0n) is 13.3. The van der Waals surface area contributed by atoms with Gasteiger partial charge in [0.2, 0.25) is 0 Å². The van der Waals surface area contributed by atoms with E-state index < -0.39 is 0 Å². The lowest BCUT2D eigenvalue weighted by molar-refractivity contribution is 0.129. The van der Waals surface area contributed by atoms with Crippen molar-refractivity contribution in [2.24, 2.45) is 10.9 Å². The van der Waals surface area contributed by atoms with Crippen LogP contribution in [0.2, 0.25) is 0 Å². The van der Waals surface area contributed by atoms with Crippen LogP contribution in [0.1, 0.15) is 38.5 Å². The summed E-state index contributed by atoms with van der Waals surface area (Å²) in [5.74, 6) is 1.77. The molecule has 21 heavy (non-hydrogen) atoms. The molecule has 0 bridgehead atoms. The first-order chi connectivity index (χ1) is 9.81. The number of aliphatic imine (C=N–C) groups is 1. The summed E-state index contributed by atoms with van der Waals surface area (Å²) in [6, 6.07) is 0.569. The Balaban J connectivity index is 0.00000220. The van der Waals surface area contributed by atoms with Crippen molar-refractivity contribution >= 4 is 41.7 Å². The lowest BCUT2D eigenvalue weighted by Crippen LogP contribution is -2.46. The van der Waals surface area contributed by atoms with Gasteiger partial charge in [-0.1, -0.05) is 6.42 Å². The molecule has 4 nitrogen and oxygen atoms in total. The summed E-state index contributed by atoms with van der Waals surface area (Å²) in [4.78, 5) is 4.31. The van der Waals surface area contributed by atoms with Gasteiger partial charge in [0.1, 0.15) is 0 Å². The van der Waals surface area contributed by atoms with Gasteiger partial charge < -0.3 is 15.4 Å². The SMILES string of the molecule is CN=C(NCCOCC1CC1)NC1CCCC(SC)C1.I. The van der Waals surface area contributed by atoms with Gasteiger partial charge in [0.25, 0.3) is 0 Å². The van der Waals surface area contributed by atoms with Crippen molar-refractivity contribution in [3.05, 3.63) is 0 Å². The summed E-state index contributed by atoms with van der Waals surface area (Å²) in [7, 11) is 1.84. The molecule has 2 rings (SSSR count). The smallest absolute Gasteiger partial charge is 0.191 e. The highest BCUT2D eigenvalue weighted by Crippen LogP contribution is 2.28. The molecule has 2 N–H and O–H groups in total. The Bertz CT molecular complexity index is 313. The maximum atomic E-state index is 5.63. The van der Waals surface area contributed by atoms with Crippen molar-refractivity contribution in [3.63, 3.8) is 0 Å². The molecule has 0 heterocycles. The molecule has 0 saturated heterocycles. The van der Waals surface area contributed by atoms with E-state index in [1.54, 1.807) is 0 Å². The van der Waals surface area contributed by atoms with Gasteiger partial charge in [0.05, 0.1) is 6.61 Å². The third kappa shape index (κ3) is 7.93. The minimum Gasteiger partial charge on any atom is -0.379 e. The van der Waals surface area contributed by atoms with E-state index in [-0.39, 0.29) is 24.0 Å². The fraction of sp³-hybridized carbons (Fsp3) is 0.933. The van der Waals surface area contributed by atoms with Crippen LogP contribution < -0.4 is 10.6 Å². The average molecular weight is 427 g/mol. The Labute approximate surface area is 150 Å². The second-order valence-corrected chi connectivity index (χ2v) is 7.02. The number of nitrogens with zero attached hydrogens (tertiary/aromatic N) is 1. The topological polar surface area (TPSA) is 45.7 Å². The van der Waals surface area contributed by atoms with Gasteiger partial charge in [0.15, 0.2) is 5.96 Å². The molecular weight excluding hydrogens is 397 g/mol. The third-order valence-corrected chi connectivity index (χ3v) is 5.21. The van der Waals surface area contributed by atoms with Crippen molar-refractivity contribution in [3.8, 4) is 0 Å². The standard InChI is InChI=1S/C15H29N3OS.HI/c1-16-15(17-8-9-19-11-12-6-7-12)18-13-4-3-5-14(10-13)20-2;/h12-14H,3-11H2,1-2H3,(H2,16,17,18);1H. The first kappa shape index (κ1) is 19.4. The number of hydrogen-bond donors (Lipinski definition) is 2. The van der Waals surface area contributed by atoms with Crippen LogP contribution in [0.25, 0.3) is 0 Å². The Morgan fingerprint density at radius 3 is 2.76 bits per heavy atom. The number of nitrogens with one attached hydrogen (secondary N) is 2. The molecule has 0 amide bonds. The van der Waals surface area contributed by atoms with E-state index in [0.717, 1.165) is 36.9 Å². The largest absolute Gasteiger partial charge is 0.379 e. The molecular formula is C15H30IN3OS. The molecule has 2 aliphatic rings. The number of halogens is 1. The minimum atomic E-state index is 0. The molecule has 2 atom stereocenters. The van der Waals surface area contributed by atoms with Gasteiger partial charge in [-0.05, 0) is 44.3 Å². The van der Waals surface area contributed by atoms with E-state index in [2.05, 4.69) is 21.9 Å². The van der Waals surface area contributed by atoms with Gasteiger partial charge in [-0.15, -0.1) is 24.0 Å². The van der Waals surface area contributed by atoms with Gasteiger partial charge in [-0.3, -0.25) is 4.99 Å². The van der Waals surface area contributed by atoms with Crippen LogP contribution in [0.4, 0.5) is 0 Å². The number of ether oxygens (including phenoxy) is 1. The van der Waals surface area contributed by atoms with Gasteiger partial charge >= 0.3 is 0 Å². The molecule has 0 radical (unpaired) electrons. The van der Waals surface area contributed by atoms with Gasteiger partial charge in [-0.25, -0.2) is 0 Å². The lowest BCUT2D eigenvalue weighted by Gasteiger charge is -2.29. The van der Waals surface area contributed by atoms with E-state index in [4.69, 9.17) is 4.74 Å².